The van der Waals surface area contributed by atoms with Crippen LogP contribution in [0.2, 0.25) is 0 Å². The van der Waals surface area contributed by atoms with Gasteiger partial charge in [0.05, 0.1) is 0 Å². The molecule has 0 unspecified atom stereocenters. The molecule has 0 saturated carbocycles. The molecule has 0 aliphatic carbocycles. The van der Waals surface area contributed by atoms with Crippen LogP contribution in [0.5, 0.6) is 0 Å². The Balaban J connectivity index is 4.20. The largest absolute Gasteiger partial charge is 0.334 e. The smallest absolute Gasteiger partial charge is 0.246 e. The van der Waals surface area contributed by atoms with Crippen LogP contribution >= 0.6 is 22.6 Å². The van der Waals surface area contributed by atoms with Crippen LogP contribution in [0, 0.1) is 0 Å². The highest BCUT2D eigenvalue weighted by atomic mass is 127. The molecule has 0 heterocycles. The molecule has 0 aromatic heterocycles. The summed E-state index contributed by atoms with van der Waals surface area (Å²) in [6.45, 7) is 8.21. The van der Waals surface area contributed by atoms with Gasteiger partial charge in [0.15, 0.2) is 0 Å². The van der Waals surface area contributed by atoms with Crippen molar-refractivity contribution in [1.82, 2.24) is 4.90 Å². The molecule has 0 saturated heterocycles. The second kappa shape index (κ2) is 8.13. The van der Waals surface area contributed by atoms with Gasteiger partial charge in [-0.1, -0.05) is 28.7 Å². The Morgan fingerprint density at radius 2 is 1.80 bits per heavy atom. The van der Waals surface area contributed by atoms with Crippen molar-refractivity contribution in [2.75, 3.05) is 4.43 Å². The van der Waals surface area contributed by atoms with Gasteiger partial charge in [-0.2, -0.15) is 0 Å². The van der Waals surface area contributed by atoms with Crippen LogP contribution in [0.15, 0.2) is 12.2 Å². The Morgan fingerprint density at radius 1 is 1.27 bits per heavy atom. The van der Waals surface area contributed by atoms with Crippen LogP contribution in [0.4, 0.5) is 0 Å². The van der Waals surface area contributed by atoms with Crippen molar-refractivity contribution in [3.8, 4) is 0 Å². The number of rotatable bonds is 6. The lowest BCUT2D eigenvalue weighted by atomic mass is 10.2. The first-order valence-corrected chi connectivity index (χ1v) is 7.08. The molecule has 0 aromatic carbocycles. The average molecular weight is 323 g/mol. The molecule has 0 radical (unpaired) electrons. The van der Waals surface area contributed by atoms with Gasteiger partial charge in [-0.15, -0.1) is 0 Å². The van der Waals surface area contributed by atoms with E-state index in [2.05, 4.69) is 50.3 Å². The molecule has 1 amide bonds. The lowest BCUT2D eigenvalue weighted by Crippen LogP contribution is -2.41. The second-order valence-electron chi connectivity index (χ2n) is 4.17. The van der Waals surface area contributed by atoms with Crippen molar-refractivity contribution >= 4 is 28.5 Å². The summed E-state index contributed by atoms with van der Waals surface area (Å²) in [5.74, 6) is 0.133. The SMILES string of the molecule is CC(C)N(C(=O)C=CCCCI)C(C)C. The van der Waals surface area contributed by atoms with Gasteiger partial charge in [0.2, 0.25) is 5.91 Å². The summed E-state index contributed by atoms with van der Waals surface area (Å²) < 4.78 is 1.15. The fourth-order valence-electron chi connectivity index (χ4n) is 1.57. The molecule has 0 aromatic rings. The van der Waals surface area contributed by atoms with Gasteiger partial charge in [0.25, 0.3) is 0 Å². The molecular formula is C12H22INO. The molecule has 88 valence electrons. The summed E-state index contributed by atoms with van der Waals surface area (Å²) in [5.41, 5.74) is 0. The molecule has 0 bridgehead atoms. The van der Waals surface area contributed by atoms with Gasteiger partial charge in [-0.25, -0.2) is 0 Å². The normalized spacial score (nSPS) is 11.7. The van der Waals surface area contributed by atoms with Crippen molar-refractivity contribution in [2.45, 2.75) is 52.6 Å². The number of hydrogen-bond acceptors (Lipinski definition) is 1. The topological polar surface area (TPSA) is 20.3 Å². The van der Waals surface area contributed by atoms with Gasteiger partial charge in [-0.3, -0.25) is 4.79 Å². The summed E-state index contributed by atoms with van der Waals surface area (Å²) in [6.07, 6.45) is 5.84. The lowest BCUT2D eigenvalue weighted by molar-refractivity contribution is -0.129. The number of nitrogens with zero attached hydrogens (tertiary/aromatic N) is 1. The maximum absolute atomic E-state index is 11.8. The molecule has 15 heavy (non-hydrogen) atoms. The molecule has 0 aliphatic rings. The number of carbonyl (C=O) groups is 1. The zero-order valence-electron chi connectivity index (χ0n) is 10.2. The molecule has 2 nitrogen and oxygen atoms in total. The Kier molecular flexibility index (Phi) is 8.10. The van der Waals surface area contributed by atoms with Crippen LogP contribution in [0.25, 0.3) is 0 Å². The number of unbranched alkanes of at least 4 members (excludes halogenated alkanes) is 1. The van der Waals surface area contributed by atoms with Crippen molar-refractivity contribution < 1.29 is 4.79 Å². The highest BCUT2D eigenvalue weighted by molar-refractivity contribution is 14.1. The van der Waals surface area contributed by atoms with Gasteiger partial charge in [-0.05, 0) is 51.0 Å². The van der Waals surface area contributed by atoms with E-state index in [1.165, 1.54) is 0 Å². The fraction of sp³-hybridized carbons (Fsp3) is 0.750. The van der Waals surface area contributed by atoms with Gasteiger partial charge in [0.1, 0.15) is 0 Å². The molecule has 0 spiro atoms. The second-order valence-corrected chi connectivity index (χ2v) is 5.25. The first-order chi connectivity index (χ1) is 7.00. The summed E-state index contributed by atoms with van der Waals surface area (Å²) in [6, 6.07) is 0.540. The van der Waals surface area contributed by atoms with Crippen LogP contribution in [0.1, 0.15) is 40.5 Å². The molecule has 0 aliphatic heterocycles. The van der Waals surface area contributed by atoms with E-state index in [4.69, 9.17) is 0 Å². The Morgan fingerprint density at radius 3 is 2.20 bits per heavy atom. The first-order valence-electron chi connectivity index (χ1n) is 5.55. The zero-order chi connectivity index (χ0) is 11.8. The minimum Gasteiger partial charge on any atom is -0.334 e. The van der Waals surface area contributed by atoms with Crippen molar-refractivity contribution in [2.24, 2.45) is 0 Å². The van der Waals surface area contributed by atoms with Crippen LogP contribution < -0.4 is 0 Å². The van der Waals surface area contributed by atoms with Crippen LogP contribution in [-0.4, -0.2) is 27.3 Å². The molecule has 0 fully saturated rings. The third-order valence-electron chi connectivity index (χ3n) is 2.13. The van der Waals surface area contributed by atoms with E-state index in [1.54, 1.807) is 6.08 Å². The predicted molar refractivity (Wildman–Crippen MR) is 74.4 cm³/mol. The van der Waals surface area contributed by atoms with Crippen molar-refractivity contribution in [3.63, 3.8) is 0 Å². The number of alkyl halides is 1. The van der Waals surface area contributed by atoms with Gasteiger partial charge in [0, 0.05) is 12.1 Å². The molecule has 3 heteroatoms. The monoisotopic (exact) mass is 323 g/mol. The predicted octanol–water partition coefficient (Wildman–Crippen LogP) is 3.40. The van der Waals surface area contributed by atoms with Gasteiger partial charge < -0.3 is 4.90 Å². The van der Waals surface area contributed by atoms with E-state index < -0.39 is 0 Å². The van der Waals surface area contributed by atoms with E-state index >= 15 is 0 Å². The van der Waals surface area contributed by atoms with E-state index in [1.807, 2.05) is 11.0 Å². The number of carbonyl (C=O) groups excluding carboxylic acids is 1. The summed E-state index contributed by atoms with van der Waals surface area (Å²) >= 11 is 2.35. The number of halogens is 1. The number of amides is 1. The van der Waals surface area contributed by atoms with Gasteiger partial charge >= 0.3 is 0 Å². The van der Waals surface area contributed by atoms with Crippen LogP contribution in [-0.2, 0) is 4.79 Å². The Hall–Kier alpha value is -0.0600. The minimum absolute atomic E-state index is 0.133. The van der Waals surface area contributed by atoms with Crippen LogP contribution in [0.3, 0.4) is 0 Å². The summed E-state index contributed by atoms with van der Waals surface area (Å²) in [7, 11) is 0. The molecular weight excluding hydrogens is 301 g/mol. The molecule has 0 N–H and O–H groups in total. The quantitative estimate of drug-likeness (QED) is 0.317. The van der Waals surface area contributed by atoms with Crippen molar-refractivity contribution in [1.29, 1.82) is 0 Å². The highest BCUT2D eigenvalue weighted by Crippen LogP contribution is 2.06. The number of allylic oxidation sites excluding steroid dienone is 1. The molecule has 0 rings (SSSR count). The van der Waals surface area contributed by atoms with E-state index in [9.17, 15) is 4.79 Å². The first kappa shape index (κ1) is 14.9. The Labute approximate surface area is 107 Å². The van der Waals surface area contributed by atoms with Crippen molar-refractivity contribution in [3.05, 3.63) is 12.2 Å². The highest BCUT2D eigenvalue weighted by Gasteiger charge is 2.16. The maximum atomic E-state index is 11.8. The number of hydrogen-bond donors (Lipinski definition) is 0. The fourth-order valence-corrected chi connectivity index (χ4v) is 2.01. The summed E-state index contributed by atoms with van der Waals surface area (Å²) in [4.78, 5) is 13.7. The zero-order valence-corrected chi connectivity index (χ0v) is 12.3. The standard InChI is InChI=1S/C12H22INO/c1-10(2)14(11(3)4)12(15)8-6-5-7-9-13/h6,8,10-11H,5,7,9H2,1-4H3. The average Bonchev–Trinajstić information content (AvgIpc) is 2.11. The third-order valence-corrected chi connectivity index (χ3v) is 2.89. The minimum atomic E-state index is 0.133. The van der Waals surface area contributed by atoms with E-state index in [-0.39, 0.29) is 18.0 Å². The summed E-state index contributed by atoms with van der Waals surface area (Å²) in [5, 5.41) is 0. The lowest BCUT2D eigenvalue weighted by Gasteiger charge is -2.29. The Bertz CT molecular complexity index is 204. The van der Waals surface area contributed by atoms with E-state index in [0.29, 0.717) is 0 Å². The maximum Gasteiger partial charge on any atom is 0.246 e. The molecule has 0 atom stereocenters. The third kappa shape index (κ3) is 6.17. The van der Waals surface area contributed by atoms with E-state index in [0.717, 1.165) is 17.3 Å².